The molecule has 1 atom stereocenters. The van der Waals surface area contributed by atoms with Gasteiger partial charge in [0.25, 0.3) is 5.91 Å². The molecule has 1 amide bonds. The Morgan fingerprint density at radius 3 is 2.68 bits per heavy atom. The molecule has 0 bridgehead atoms. The maximum Gasteiger partial charge on any atom is 0.279 e. The number of rotatable bonds is 6. The number of thiazole rings is 1. The highest BCUT2D eigenvalue weighted by molar-refractivity contribution is 7.89. The predicted molar refractivity (Wildman–Crippen MR) is 133 cm³/mol. The fourth-order valence-corrected chi connectivity index (χ4v) is 6.88. The molecule has 1 aliphatic heterocycles. The third kappa shape index (κ3) is 4.80. The lowest BCUT2D eigenvalue weighted by Gasteiger charge is -2.32. The van der Waals surface area contributed by atoms with Gasteiger partial charge in [-0.1, -0.05) is 23.7 Å². The van der Waals surface area contributed by atoms with Crippen LogP contribution >= 0.6 is 11.3 Å². The molecule has 1 unspecified atom stereocenters. The van der Waals surface area contributed by atoms with Crippen LogP contribution in [0.2, 0.25) is 0 Å². The molecule has 178 valence electrons. The van der Waals surface area contributed by atoms with Crippen molar-refractivity contribution in [1.82, 2.24) is 8.87 Å². The molecule has 0 aliphatic carbocycles. The lowest BCUT2D eigenvalue weighted by molar-refractivity contribution is 0.0997. The van der Waals surface area contributed by atoms with Crippen LogP contribution in [-0.4, -0.2) is 42.4 Å². The topological polar surface area (TPSA) is 81.0 Å². The van der Waals surface area contributed by atoms with Gasteiger partial charge in [0.15, 0.2) is 4.80 Å². The van der Waals surface area contributed by atoms with Gasteiger partial charge < -0.3 is 9.30 Å². The van der Waals surface area contributed by atoms with Crippen LogP contribution in [-0.2, 0) is 16.6 Å². The van der Waals surface area contributed by atoms with Gasteiger partial charge >= 0.3 is 0 Å². The minimum Gasteiger partial charge on any atom is -0.494 e. The monoisotopic (exact) mass is 497 g/mol. The number of hydrogen-bond acceptors (Lipinski definition) is 5. The molecule has 2 heterocycles. The molecule has 1 saturated heterocycles. The van der Waals surface area contributed by atoms with E-state index in [1.54, 1.807) is 4.31 Å². The summed E-state index contributed by atoms with van der Waals surface area (Å²) in [6.45, 7) is 5.19. The maximum atomic E-state index is 13.0. The minimum atomic E-state index is -3.60. The van der Waals surface area contributed by atoms with Crippen molar-refractivity contribution in [2.45, 2.75) is 50.6 Å². The van der Waals surface area contributed by atoms with E-state index in [4.69, 9.17) is 11.2 Å². The molecule has 0 radical (unpaired) electrons. The summed E-state index contributed by atoms with van der Waals surface area (Å²) >= 11 is 1.35. The average molecular weight is 498 g/mol. The van der Waals surface area contributed by atoms with E-state index in [9.17, 15) is 13.2 Å². The van der Waals surface area contributed by atoms with Crippen molar-refractivity contribution in [3.05, 3.63) is 52.8 Å². The molecule has 4 rings (SSSR count). The number of amides is 1. The second-order valence-electron chi connectivity index (χ2n) is 8.14. The average Bonchev–Trinajstić information content (AvgIpc) is 3.16. The van der Waals surface area contributed by atoms with E-state index < -0.39 is 15.9 Å². The fourth-order valence-electron chi connectivity index (χ4n) is 4.12. The van der Waals surface area contributed by atoms with E-state index in [0.717, 1.165) is 35.2 Å². The van der Waals surface area contributed by atoms with Gasteiger partial charge in [-0.05, 0) is 69.2 Å². The Balaban J connectivity index is 1.65. The molecular formula is C25H27N3O4S2. The molecule has 1 fully saturated rings. The number of hydrogen-bond donors (Lipinski definition) is 0. The highest BCUT2D eigenvalue weighted by Gasteiger charge is 2.30. The Hall–Kier alpha value is -2.93. The van der Waals surface area contributed by atoms with Gasteiger partial charge in [0.1, 0.15) is 5.75 Å². The zero-order valence-electron chi connectivity index (χ0n) is 19.2. The first-order valence-electron chi connectivity index (χ1n) is 11.3. The van der Waals surface area contributed by atoms with Gasteiger partial charge in [-0.3, -0.25) is 4.79 Å². The Morgan fingerprint density at radius 2 is 2.00 bits per heavy atom. The van der Waals surface area contributed by atoms with Gasteiger partial charge in [0.05, 0.1) is 28.3 Å². The first-order valence-corrected chi connectivity index (χ1v) is 13.5. The quantitative estimate of drug-likeness (QED) is 0.482. The van der Waals surface area contributed by atoms with Gasteiger partial charge in [0.2, 0.25) is 10.0 Å². The Kier molecular flexibility index (Phi) is 7.22. The van der Waals surface area contributed by atoms with Gasteiger partial charge in [0, 0.05) is 18.2 Å². The second-order valence-corrected chi connectivity index (χ2v) is 11.0. The number of sulfonamides is 1. The van der Waals surface area contributed by atoms with Crippen LogP contribution in [0.15, 0.2) is 52.4 Å². The van der Waals surface area contributed by atoms with Crippen molar-refractivity contribution in [3.63, 3.8) is 0 Å². The third-order valence-electron chi connectivity index (χ3n) is 5.86. The van der Waals surface area contributed by atoms with Crippen LogP contribution in [0, 0.1) is 12.3 Å². The summed E-state index contributed by atoms with van der Waals surface area (Å²) in [4.78, 5) is 17.9. The third-order valence-corrected chi connectivity index (χ3v) is 8.93. The molecule has 0 N–H and O–H groups in total. The highest BCUT2D eigenvalue weighted by Crippen LogP contribution is 2.26. The number of terminal acetylenes is 1. The van der Waals surface area contributed by atoms with Gasteiger partial charge in [-0.2, -0.15) is 9.30 Å². The number of carbonyl (C=O) groups is 1. The van der Waals surface area contributed by atoms with Gasteiger partial charge in [-0.25, -0.2) is 8.42 Å². The predicted octanol–water partition coefficient (Wildman–Crippen LogP) is 4.04. The van der Waals surface area contributed by atoms with Crippen LogP contribution in [0.5, 0.6) is 5.75 Å². The number of fused-ring (bicyclic) bond motifs is 1. The molecule has 7 nitrogen and oxygen atoms in total. The van der Waals surface area contributed by atoms with Crippen LogP contribution in [0.25, 0.3) is 10.2 Å². The normalized spacial score (nSPS) is 17.6. The second kappa shape index (κ2) is 10.1. The van der Waals surface area contributed by atoms with E-state index >= 15 is 0 Å². The summed E-state index contributed by atoms with van der Waals surface area (Å²) in [5.74, 6) is 2.89. The van der Waals surface area contributed by atoms with Crippen LogP contribution in [0.1, 0.15) is 43.5 Å². The van der Waals surface area contributed by atoms with Crippen LogP contribution < -0.4 is 9.54 Å². The Labute approximate surface area is 203 Å². The number of ether oxygens (including phenoxy) is 1. The van der Waals surface area contributed by atoms with E-state index in [1.165, 1.54) is 35.6 Å². The summed E-state index contributed by atoms with van der Waals surface area (Å²) in [6, 6.07) is 11.6. The molecule has 34 heavy (non-hydrogen) atoms. The highest BCUT2D eigenvalue weighted by atomic mass is 32.2. The van der Waals surface area contributed by atoms with Crippen molar-refractivity contribution in [2.24, 2.45) is 4.99 Å². The standard InChI is InChI=1S/C25H27N3O4S2/c1-4-15-27-22-14-11-20(32-5-2)17-23(22)33-25(27)26-24(29)19-9-12-21(13-10-19)34(30,31)28-16-7-6-8-18(28)3/h1,9-14,17-18H,5-8,15-16H2,2-3H3. The first kappa shape index (κ1) is 24.2. The maximum absolute atomic E-state index is 13.0. The number of aromatic nitrogens is 1. The summed E-state index contributed by atoms with van der Waals surface area (Å²) < 4.78 is 35.9. The van der Waals surface area contributed by atoms with Crippen molar-refractivity contribution in [2.75, 3.05) is 13.2 Å². The number of benzene rings is 2. The van der Waals surface area contributed by atoms with Crippen molar-refractivity contribution in [3.8, 4) is 18.1 Å². The van der Waals surface area contributed by atoms with Crippen LogP contribution in [0.3, 0.4) is 0 Å². The van der Waals surface area contributed by atoms with Crippen molar-refractivity contribution < 1.29 is 17.9 Å². The molecule has 0 spiro atoms. The van der Waals surface area contributed by atoms with Crippen molar-refractivity contribution >= 4 is 37.5 Å². The van der Waals surface area contributed by atoms with E-state index in [0.29, 0.717) is 23.5 Å². The Morgan fingerprint density at radius 1 is 1.24 bits per heavy atom. The minimum absolute atomic E-state index is 0.0298. The van der Waals surface area contributed by atoms with Crippen molar-refractivity contribution in [1.29, 1.82) is 0 Å². The number of carbonyl (C=O) groups excluding carboxylic acids is 1. The summed E-state index contributed by atoms with van der Waals surface area (Å²) in [5.41, 5.74) is 1.18. The SMILES string of the molecule is C#CCn1c(=NC(=O)c2ccc(S(=O)(=O)N3CCCCC3C)cc2)sc2cc(OCC)ccc21. The Bertz CT molecular complexity index is 1410. The van der Waals surface area contributed by atoms with Crippen LogP contribution in [0.4, 0.5) is 0 Å². The largest absolute Gasteiger partial charge is 0.494 e. The van der Waals surface area contributed by atoms with E-state index in [2.05, 4.69) is 10.9 Å². The molecule has 1 aromatic heterocycles. The van der Waals surface area contributed by atoms with Gasteiger partial charge in [-0.15, -0.1) is 6.42 Å². The van der Waals surface area contributed by atoms with E-state index in [-0.39, 0.29) is 17.5 Å². The smallest absolute Gasteiger partial charge is 0.279 e. The lowest BCUT2D eigenvalue weighted by atomic mass is 10.1. The lowest BCUT2D eigenvalue weighted by Crippen LogP contribution is -2.41. The molecule has 9 heteroatoms. The first-order chi connectivity index (χ1) is 16.3. The zero-order chi connectivity index (χ0) is 24.3. The summed E-state index contributed by atoms with van der Waals surface area (Å²) in [6.07, 6.45) is 8.30. The number of piperidine rings is 1. The molecule has 3 aromatic rings. The summed E-state index contributed by atoms with van der Waals surface area (Å²) in [5, 5.41) is 0. The molecule has 1 aliphatic rings. The van der Waals surface area contributed by atoms with E-state index in [1.807, 2.05) is 36.6 Å². The summed E-state index contributed by atoms with van der Waals surface area (Å²) in [7, 11) is -3.60. The number of nitrogens with zero attached hydrogens (tertiary/aromatic N) is 3. The molecule has 2 aromatic carbocycles. The molecular weight excluding hydrogens is 470 g/mol. The molecule has 0 saturated carbocycles. The fraction of sp³-hybridized carbons (Fsp3) is 0.360. The zero-order valence-corrected chi connectivity index (χ0v) is 20.9.